The van der Waals surface area contributed by atoms with E-state index in [-0.39, 0.29) is 0 Å². The molecule has 2 nitrogen and oxygen atoms in total. The predicted molar refractivity (Wildman–Crippen MR) is 64.6 cm³/mol. The van der Waals surface area contributed by atoms with Crippen LogP contribution in [0.3, 0.4) is 0 Å². The molecule has 2 heteroatoms. The van der Waals surface area contributed by atoms with Crippen molar-refractivity contribution in [2.45, 2.75) is 12.5 Å². The number of furan rings is 1. The Balaban J connectivity index is 1.83. The first kappa shape index (κ1) is 8.34. The molecule has 1 saturated carbocycles. The quantitative estimate of drug-likeness (QED) is 0.707. The SMILES string of the molecule is C1=NC2CC2C=C1c1ccc2occc2c1. The molecule has 1 aliphatic carbocycles. The molecule has 0 amide bonds. The van der Waals surface area contributed by atoms with Crippen LogP contribution in [0.15, 0.2) is 46.0 Å². The number of dihydropyridines is 1. The molecule has 4 rings (SSSR count). The summed E-state index contributed by atoms with van der Waals surface area (Å²) in [7, 11) is 0. The maximum atomic E-state index is 5.34. The molecule has 16 heavy (non-hydrogen) atoms. The molecular weight excluding hydrogens is 198 g/mol. The average molecular weight is 209 g/mol. The number of allylic oxidation sites excluding steroid dienone is 1. The summed E-state index contributed by atoms with van der Waals surface area (Å²) in [5.41, 5.74) is 3.44. The van der Waals surface area contributed by atoms with Gasteiger partial charge in [0.05, 0.1) is 12.3 Å². The lowest BCUT2D eigenvalue weighted by Crippen LogP contribution is -1.95. The highest BCUT2D eigenvalue weighted by atomic mass is 16.3. The minimum absolute atomic E-state index is 0.585. The average Bonchev–Trinajstić information content (AvgIpc) is 2.95. The maximum absolute atomic E-state index is 5.34. The highest BCUT2D eigenvalue weighted by molar-refractivity contribution is 6.11. The Kier molecular flexibility index (Phi) is 1.48. The monoisotopic (exact) mass is 209 g/mol. The molecule has 2 aromatic rings. The van der Waals surface area contributed by atoms with E-state index in [0.717, 1.165) is 11.0 Å². The first-order valence-electron chi connectivity index (χ1n) is 5.63. The van der Waals surface area contributed by atoms with Gasteiger partial charge in [-0.1, -0.05) is 12.1 Å². The zero-order valence-corrected chi connectivity index (χ0v) is 8.76. The second kappa shape index (κ2) is 2.85. The van der Waals surface area contributed by atoms with Crippen LogP contribution in [0.4, 0.5) is 0 Å². The van der Waals surface area contributed by atoms with Gasteiger partial charge in [-0.2, -0.15) is 0 Å². The molecule has 2 unspecified atom stereocenters. The van der Waals surface area contributed by atoms with Gasteiger partial charge < -0.3 is 4.42 Å². The van der Waals surface area contributed by atoms with Crippen molar-refractivity contribution in [2.75, 3.05) is 0 Å². The van der Waals surface area contributed by atoms with E-state index in [1.807, 2.05) is 18.3 Å². The molecule has 78 valence electrons. The number of aliphatic imine (C=N–C) groups is 1. The van der Waals surface area contributed by atoms with Gasteiger partial charge in [0.15, 0.2) is 0 Å². The van der Waals surface area contributed by atoms with Crippen molar-refractivity contribution in [3.63, 3.8) is 0 Å². The molecule has 2 heterocycles. The van der Waals surface area contributed by atoms with Crippen molar-refractivity contribution in [2.24, 2.45) is 10.9 Å². The molecule has 2 atom stereocenters. The molecule has 1 aliphatic heterocycles. The molecule has 0 radical (unpaired) electrons. The molecule has 0 saturated heterocycles. The zero-order chi connectivity index (χ0) is 10.5. The molecule has 0 spiro atoms. The van der Waals surface area contributed by atoms with Gasteiger partial charge in [-0.25, -0.2) is 0 Å². The molecule has 1 aromatic carbocycles. The van der Waals surface area contributed by atoms with Crippen molar-refractivity contribution in [1.29, 1.82) is 0 Å². The van der Waals surface area contributed by atoms with Crippen LogP contribution in [-0.4, -0.2) is 12.3 Å². The van der Waals surface area contributed by atoms with Crippen molar-refractivity contribution in [3.05, 3.63) is 42.2 Å². The van der Waals surface area contributed by atoms with Crippen molar-refractivity contribution < 1.29 is 4.42 Å². The summed E-state index contributed by atoms with van der Waals surface area (Å²) in [5.74, 6) is 0.694. The van der Waals surface area contributed by atoms with Crippen molar-refractivity contribution >= 4 is 22.8 Å². The van der Waals surface area contributed by atoms with Gasteiger partial charge in [0.25, 0.3) is 0 Å². The van der Waals surface area contributed by atoms with Crippen molar-refractivity contribution in [1.82, 2.24) is 0 Å². The Hall–Kier alpha value is -1.83. The number of rotatable bonds is 1. The standard InChI is InChI=1S/C14H11NO/c1-2-14-10(3-4-16-14)5-9(1)12-6-11-7-13(11)15-8-12/h1-6,8,11,13H,7H2. The van der Waals surface area contributed by atoms with Crippen LogP contribution in [-0.2, 0) is 0 Å². The third-order valence-electron chi connectivity index (χ3n) is 3.39. The second-order valence-electron chi connectivity index (χ2n) is 4.54. The van der Waals surface area contributed by atoms with Gasteiger partial charge >= 0.3 is 0 Å². The molecule has 0 bridgehead atoms. The smallest absolute Gasteiger partial charge is 0.133 e. The Labute approximate surface area is 93.3 Å². The number of hydrogen-bond acceptors (Lipinski definition) is 2. The third kappa shape index (κ3) is 1.16. The Morgan fingerprint density at radius 1 is 1.25 bits per heavy atom. The first-order valence-corrected chi connectivity index (χ1v) is 5.63. The van der Waals surface area contributed by atoms with Crippen LogP contribution < -0.4 is 0 Å². The minimum atomic E-state index is 0.585. The van der Waals surface area contributed by atoms with E-state index >= 15 is 0 Å². The molecule has 0 N–H and O–H groups in total. The third-order valence-corrected chi connectivity index (χ3v) is 3.39. The van der Waals surface area contributed by atoms with Gasteiger partial charge in [0.1, 0.15) is 5.58 Å². The highest BCUT2D eigenvalue weighted by Crippen LogP contribution is 2.40. The van der Waals surface area contributed by atoms with Gasteiger partial charge in [-0.3, -0.25) is 4.99 Å². The van der Waals surface area contributed by atoms with Gasteiger partial charge in [-0.05, 0) is 35.8 Å². The van der Waals surface area contributed by atoms with E-state index in [2.05, 4.69) is 23.2 Å². The summed E-state index contributed by atoms with van der Waals surface area (Å²) in [6.07, 6.45) is 7.32. The Morgan fingerprint density at radius 3 is 3.19 bits per heavy atom. The molecule has 1 aromatic heterocycles. The molecule has 2 aliphatic rings. The van der Waals surface area contributed by atoms with Crippen LogP contribution in [0.1, 0.15) is 12.0 Å². The maximum Gasteiger partial charge on any atom is 0.133 e. The summed E-state index contributed by atoms with van der Waals surface area (Å²) in [6, 6.07) is 8.88. The summed E-state index contributed by atoms with van der Waals surface area (Å²) < 4.78 is 5.34. The summed E-state index contributed by atoms with van der Waals surface area (Å²) in [6.45, 7) is 0. The van der Waals surface area contributed by atoms with E-state index in [0.29, 0.717) is 12.0 Å². The number of hydrogen-bond donors (Lipinski definition) is 0. The van der Waals surface area contributed by atoms with E-state index in [1.54, 1.807) is 6.26 Å². The zero-order valence-electron chi connectivity index (χ0n) is 8.76. The lowest BCUT2D eigenvalue weighted by atomic mass is 10.0. The lowest BCUT2D eigenvalue weighted by Gasteiger charge is -2.05. The molecule has 1 fully saturated rings. The predicted octanol–water partition coefficient (Wildman–Crippen LogP) is 3.29. The largest absolute Gasteiger partial charge is 0.464 e. The minimum Gasteiger partial charge on any atom is -0.464 e. The van der Waals surface area contributed by atoms with E-state index in [9.17, 15) is 0 Å². The van der Waals surface area contributed by atoms with Crippen molar-refractivity contribution in [3.8, 4) is 0 Å². The van der Waals surface area contributed by atoms with Crippen LogP contribution in [0, 0.1) is 5.92 Å². The number of fused-ring (bicyclic) bond motifs is 2. The number of benzene rings is 1. The Morgan fingerprint density at radius 2 is 2.25 bits per heavy atom. The fraction of sp³-hybridized carbons (Fsp3) is 0.214. The van der Waals surface area contributed by atoms with Crippen LogP contribution in [0.2, 0.25) is 0 Å². The summed E-state index contributed by atoms with van der Waals surface area (Å²) in [5, 5.41) is 1.16. The van der Waals surface area contributed by atoms with Gasteiger partial charge in [-0.15, -0.1) is 0 Å². The summed E-state index contributed by atoms with van der Waals surface area (Å²) in [4.78, 5) is 4.51. The normalized spacial score (nSPS) is 26.6. The lowest BCUT2D eigenvalue weighted by molar-refractivity contribution is 0.616. The topological polar surface area (TPSA) is 25.5 Å². The van der Waals surface area contributed by atoms with E-state index in [4.69, 9.17) is 4.42 Å². The fourth-order valence-corrected chi connectivity index (χ4v) is 2.32. The number of nitrogens with zero attached hydrogens (tertiary/aromatic N) is 1. The first-order chi connectivity index (χ1) is 7.90. The van der Waals surface area contributed by atoms with Crippen LogP contribution in [0.5, 0.6) is 0 Å². The Bertz CT molecular complexity index is 620. The van der Waals surface area contributed by atoms with Gasteiger partial charge in [0.2, 0.25) is 0 Å². The highest BCUT2D eigenvalue weighted by Gasteiger charge is 2.36. The summed E-state index contributed by atoms with van der Waals surface area (Å²) >= 11 is 0. The van der Waals surface area contributed by atoms with Crippen LogP contribution >= 0.6 is 0 Å². The molecular formula is C14H11NO. The fourth-order valence-electron chi connectivity index (χ4n) is 2.32. The van der Waals surface area contributed by atoms with Gasteiger partial charge in [0, 0.05) is 17.5 Å². The van der Waals surface area contributed by atoms with E-state index < -0.39 is 0 Å². The van der Waals surface area contributed by atoms with Crippen LogP contribution in [0.25, 0.3) is 16.5 Å². The van der Waals surface area contributed by atoms with E-state index in [1.165, 1.54) is 17.6 Å². The second-order valence-corrected chi connectivity index (χ2v) is 4.54.